The number of nitrogens with one attached hydrogen (secondary N) is 1. The quantitative estimate of drug-likeness (QED) is 0.916. The highest BCUT2D eigenvalue weighted by molar-refractivity contribution is 6.03. The van der Waals surface area contributed by atoms with Crippen LogP contribution in [0.2, 0.25) is 0 Å². The molecule has 0 radical (unpaired) electrons. The Balaban J connectivity index is 1.75. The molecule has 1 aromatic heterocycles. The fourth-order valence-corrected chi connectivity index (χ4v) is 2.69. The monoisotopic (exact) mass is 350 g/mol. The third-order valence-corrected chi connectivity index (χ3v) is 3.96. The van der Waals surface area contributed by atoms with E-state index in [1.54, 1.807) is 0 Å². The number of nitrogens with zero attached hydrogens (tertiary/aromatic N) is 3. The van der Waals surface area contributed by atoms with Gasteiger partial charge < -0.3 is 10.2 Å². The summed E-state index contributed by atoms with van der Waals surface area (Å²) >= 11 is 0. The van der Waals surface area contributed by atoms with Gasteiger partial charge in [-0.05, 0) is 43.5 Å². The van der Waals surface area contributed by atoms with E-state index in [-0.39, 0.29) is 11.4 Å². The highest BCUT2D eigenvalue weighted by atomic mass is 19.4. The number of halogens is 3. The van der Waals surface area contributed by atoms with Gasteiger partial charge in [0, 0.05) is 25.0 Å². The van der Waals surface area contributed by atoms with E-state index in [4.69, 9.17) is 0 Å². The molecule has 2 heterocycles. The molecule has 0 saturated carbocycles. The Morgan fingerprint density at radius 3 is 2.60 bits per heavy atom. The first-order valence-electron chi connectivity index (χ1n) is 8.00. The predicted octanol–water partition coefficient (Wildman–Crippen LogP) is 3.74. The lowest BCUT2D eigenvalue weighted by Gasteiger charge is -2.26. The third-order valence-electron chi connectivity index (χ3n) is 3.96. The van der Waals surface area contributed by atoms with Gasteiger partial charge >= 0.3 is 6.18 Å². The molecule has 1 aliphatic heterocycles. The van der Waals surface area contributed by atoms with Crippen LogP contribution < -0.4 is 10.2 Å². The van der Waals surface area contributed by atoms with E-state index in [2.05, 4.69) is 15.3 Å². The van der Waals surface area contributed by atoms with Crippen LogP contribution in [0.5, 0.6) is 0 Å². The predicted molar refractivity (Wildman–Crippen MR) is 87.5 cm³/mol. The molecule has 5 nitrogen and oxygen atoms in total. The number of hydrogen-bond donors (Lipinski definition) is 1. The minimum Gasteiger partial charge on any atom is -0.341 e. The second-order valence-electron chi connectivity index (χ2n) is 5.82. The highest BCUT2D eigenvalue weighted by Gasteiger charge is 2.30. The Bertz CT molecular complexity index is 758. The smallest absolute Gasteiger partial charge is 0.341 e. The van der Waals surface area contributed by atoms with Crippen molar-refractivity contribution >= 4 is 17.5 Å². The molecule has 3 rings (SSSR count). The molecule has 1 saturated heterocycles. The summed E-state index contributed by atoms with van der Waals surface area (Å²) in [7, 11) is 0. The lowest BCUT2D eigenvalue weighted by Crippen LogP contribution is -2.31. The van der Waals surface area contributed by atoms with Crippen molar-refractivity contribution in [3.05, 3.63) is 47.8 Å². The van der Waals surface area contributed by atoms with Crippen LogP contribution >= 0.6 is 0 Å². The molecule has 132 valence electrons. The first-order chi connectivity index (χ1) is 11.9. The summed E-state index contributed by atoms with van der Waals surface area (Å²) in [6.07, 6.45) is 0.273. The summed E-state index contributed by atoms with van der Waals surface area (Å²) in [5, 5.41) is 2.45. The summed E-state index contributed by atoms with van der Waals surface area (Å²) in [5.74, 6) is -0.101. The maximum absolute atomic E-state index is 12.7. The average molecular weight is 350 g/mol. The number of benzene rings is 1. The minimum atomic E-state index is -4.46. The van der Waals surface area contributed by atoms with E-state index in [9.17, 15) is 18.0 Å². The summed E-state index contributed by atoms with van der Waals surface area (Å²) in [6.45, 7) is 1.66. The van der Waals surface area contributed by atoms with E-state index in [0.717, 1.165) is 44.5 Å². The molecule has 1 aromatic carbocycles. The van der Waals surface area contributed by atoms with Gasteiger partial charge in [0.15, 0.2) is 0 Å². The van der Waals surface area contributed by atoms with Crippen molar-refractivity contribution < 1.29 is 18.0 Å². The van der Waals surface area contributed by atoms with Gasteiger partial charge in [0.05, 0.1) is 5.56 Å². The largest absolute Gasteiger partial charge is 0.416 e. The van der Waals surface area contributed by atoms with Crippen molar-refractivity contribution in [1.29, 1.82) is 0 Å². The lowest BCUT2D eigenvalue weighted by molar-refractivity contribution is -0.137. The molecule has 25 heavy (non-hydrogen) atoms. The number of carbonyl (C=O) groups is 1. The molecule has 0 atom stereocenters. The molecule has 1 amide bonds. The van der Waals surface area contributed by atoms with Crippen molar-refractivity contribution in [1.82, 2.24) is 9.97 Å². The van der Waals surface area contributed by atoms with Gasteiger partial charge in [-0.3, -0.25) is 4.79 Å². The van der Waals surface area contributed by atoms with Crippen molar-refractivity contribution in [2.24, 2.45) is 0 Å². The summed E-state index contributed by atoms with van der Waals surface area (Å²) in [4.78, 5) is 22.7. The van der Waals surface area contributed by atoms with Gasteiger partial charge in [0.1, 0.15) is 5.69 Å². The molecule has 1 aliphatic rings. The van der Waals surface area contributed by atoms with Crippen LogP contribution in [0.1, 0.15) is 35.3 Å². The van der Waals surface area contributed by atoms with Crippen LogP contribution in [0, 0.1) is 0 Å². The van der Waals surface area contributed by atoms with Gasteiger partial charge in [-0.1, -0.05) is 6.07 Å². The first-order valence-corrected chi connectivity index (χ1v) is 8.00. The number of piperidine rings is 1. The molecular weight excluding hydrogens is 333 g/mol. The summed E-state index contributed by atoms with van der Waals surface area (Å²) < 4.78 is 38.2. The number of amides is 1. The normalized spacial score (nSPS) is 15.1. The standard InChI is InChI=1S/C17H17F3N4O/c18-17(19,20)12-5-4-6-13(11-12)22-15(25)14-7-8-21-16(23-14)24-9-2-1-3-10-24/h4-8,11H,1-3,9-10H2,(H,22,25). The molecule has 8 heteroatoms. The van der Waals surface area contributed by atoms with E-state index in [1.807, 2.05) is 4.90 Å². The van der Waals surface area contributed by atoms with Crippen molar-refractivity contribution in [2.75, 3.05) is 23.3 Å². The van der Waals surface area contributed by atoms with Crippen LogP contribution in [0.25, 0.3) is 0 Å². The van der Waals surface area contributed by atoms with Crippen LogP contribution in [-0.2, 0) is 6.18 Å². The molecule has 1 N–H and O–H groups in total. The Hall–Kier alpha value is -2.64. The average Bonchev–Trinajstić information content (AvgIpc) is 2.62. The Morgan fingerprint density at radius 1 is 1.12 bits per heavy atom. The maximum Gasteiger partial charge on any atom is 0.416 e. The van der Waals surface area contributed by atoms with Crippen LogP contribution in [0.3, 0.4) is 0 Å². The Morgan fingerprint density at radius 2 is 1.88 bits per heavy atom. The van der Waals surface area contributed by atoms with Gasteiger partial charge in [0.2, 0.25) is 5.95 Å². The minimum absolute atomic E-state index is 0.0676. The lowest BCUT2D eigenvalue weighted by atomic mass is 10.1. The van der Waals surface area contributed by atoms with E-state index in [1.165, 1.54) is 24.4 Å². The van der Waals surface area contributed by atoms with Gasteiger partial charge in [0.25, 0.3) is 5.91 Å². The van der Waals surface area contributed by atoms with Crippen LogP contribution in [0.15, 0.2) is 36.5 Å². The molecule has 2 aromatic rings. The van der Waals surface area contributed by atoms with Gasteiger partial charge in [-0.2, -0.15) is 13.2 Å². The number of anilines is 2. The van der Waals surface area contributed by atoms with Crippen molar-refractivity contribution in [2.45, 2.75) is 25.4 Å². The fraction of sp³-hybridized carbons (Fsp3) is 0.353. The molecular formula is C17H17F3N4O. The van der Waals surface area contributed by atoms with Crippen molar-refractivity contribution in [3.8, 4) is 0 Å². The van der Waals surface area contributed by atoms with Crippen LogP contribution in [-0.4, -0.2) is 29.0 Å². The SMILES string of the molecule is O=C(Nc1cccc(C(F)(F)F)c1)c1ccnc(N2CCCCC2)n1. The zero-order chi connectivity index (χ0) is 17.9. The zero-order valence-electron chi connectivity index (χ0n) is 13.4. The molecule has 0 unspecified atom stereocenters. The number of hydrogen-bond acceptors (Lipinski definition) is 4. The van der Waals surface area contributed by atoms with E-state index < -0.39 is 17.6 Å². The van der Waals surface area contributed by atoms with Crippen molar-refractivity contribution in [3.63, 3.8) is 0 Å². The number of carbonyl (C=O) groups excluding carboxylic acids is 1. The number of alkyl halides is 3. The Labute approximate surface area is 142 Å². The van der Waals surface area contributed by atoms with Crippen LogP contribution in [0.4, 0.5) is 24.8 Å². The van der Waals surface area contributed by atoms with E-state index >= 15 is 0 Å². The summed E-state index contributed by atoms with van der Waals surface area (Å²) in [6, 6.07) is 5.94. The first kappa shape index (κ1) is 17.2. The fourth-order valence-electron chi connectivity index (χ4n) is 2.69. The number of aromatic nitrogens is 2. The van der Waals surface area contributed by atoms with E-state index in [0.29, 0.717) is 5.95 Å². The summed E-state index contributed by atoms with van der Waals surface area (Å²) in [5.41, 5.74) is -0.632. The van der Waals surface area contributed by atoms with Gasteiger partial charge in [-0.25, -0.2) is 9.97 Å². The third kappa shape index (κ3) is 4.26. The topological polar surface area (TPSA) is 58.1 Å². The number of rotatable bonds is 3. The highest BCUT2D eigenvalue weighted by Crippen LogP contribution is 2.30. The maximum atomic E-state index is 12.7. The van der Waals surface area contributed by atoms with Gasteiger partial charge in [-0.15, -0.1) is 0 Å². The molecule has 1 fully saturated rings. The molecule has 0 bridgehead atoms. The Kier molecular flexibility index (Phi) is 4.87. The molecule has 0 aliphatic carbocycles. The zero-order valence-corrected chi connectivity index (χ0v) is 13.4. The molecule has 0 spiro atoms. The second kappa shape index (κ2) is 7.08. The second-order valence-corrected chi connectivity index (χ2v) is 5.82.